The monoisotopic (exact) mass is 419 g/mol. The summed E-state index contributed by atoms with van der Waals surface area (Å²) in [6.45, 7) is 7.75. The fourth-order valence-corrected chi connectivity index (χ4v) is 5.48. The SMILES string of the molecule is CC1=C[C@@H](C)[C@]2(COC(=O)Nc3ccccc3)CO[C@@H](CCc3ccccc3)[C@@H]1[C@@H]2C. The Labute approximate surface area is 185 Å². The van der Waals surface area contributed by atoms with Gasteiger partial charge in [-0.1, -0.05) is 74.0 Å². The molecule has 2 aromatic rings. The van der Waals surface area contributed by atoms with Gasteiger partial charge < -0.3 is 9.47 Å². The van der Waals surface area contributed by atoms with E-state index in [0.29, 0.717) is 31.0 Å². The lowest BCUT2D eigenvalue weighted by Gasteiger charge is -2.55. The largest absolute Gasteiger partial charge is 0.449 e. The zero-order valence-electron chi connectivity index (χ0n) is 18.7. The number of carbonyl (C=O) groups is 1. The van der Waals surface area contributed by atoms with E-state index in [4.69, 9.17) is 9.47 Å². The highest BCUT2D eigenvalue weighted by atomic mass is 16.6. The molecule has 1 aliphatic heterocycles. The molecule has 164 valence electrons. The van der Waals surface area contributed by atoms with Crippen LogP contribution in [-0.2, 0) is 15.9 Å². The molecule has 0 spiro atoms. The minimum absolute atomic E-state index is 0.193. The summed E-state index contributed by atoms with van der Waals surface area (Å²) in [7, 11) is 0. The van der Waals surface area contributed by atoms with Gasteiger partial charge in [0.2, 0.25) is 0 Å². The van der Waals surface area contributed by atoms with Crippen LogP contribution in [0.15, 0.2) is 72.3 Å². The van der Waals surface area contributed by atoms with Crippen LogP contribution in [0.5, 0.6) is 0 Å². The molecule has 1 heterocycles. The van der Waals surface area contributed by atoms with Gasteiger partial charge in [-0.3, -0.25) is 5.32 Å². The van der Waals surface area contributed by atoms with E-state index in [0.717, 1.165) is 18.5 Å². The molecule has 0 saturated carbocycles. The van der Waals surface area contributed by atoms with E-state index in [1.165, 1.54) is 11.1 Å². The van der Waals surface area contributed by atoms with Gasteiger partial charge in [0, 0.05) is 17.0 Å². The molecule has 1 fully saturated rings. The first-order chi connectivity index (χ1) is 15.0. The topological polar surface area (TPSA) is 47.6 Å². The third-order valence-corrected chi connectivity index (χ3v) is 7.41. The number of amides is 1. The number of benzene rings is 2. The van der Waals surface area contributed by atoms with Crippen molar-refractivity contribution in [2.45, 2.75) is 39.7 Å². The molecule has 1 saturated heterocycles. The minimum atomic E-state index is -0.408. The second-order valence-corrected chi connectivity index (χ2v) is 9.19. The maximum Gasteiger partial charge on any atom is 0.411 e. The van der Waals surface area contributed by atoms with Crippen molar-refractivity contribution in [3.8, 4) is 0 Å². The lowest BCUT2D eigenvalue weighted by atomic mass is 9.56. The van der Waals surface area contributed by atoms with Crippen LogP contribution < -0.4 is 5.32 Å². The van der Waals surface area contributed by atoms with Gasteiger partial charge in [0.25, 0.3) is 0 Å². The molecule has 0 radical (unpaired) electrons. The van der Waals surface area contributed by atoms with E-state index in [2.05, 4.69) is 62.5 Å². The first-order valence-corrected chi connectivity index (χ1v) is 11.3. The fraction of sp³-hybridized carbons (Fsp3) is 0.444. The summed E-state index contributed by atoms with van der Waals surface area (Å²) in [6.07, 6.45) is 4.19. The first kappa shape index (κ1) is 21.6. The van der Waals surface area contributed by atoms with Crippen LogP contribution in [0, 0.1) is 23.2 Å². The summed E-state index contributed by atoms with van der Waals surface area (Å²) in [6, 6.07) is 20.0. The Bertz CT molecular complexity index is 911. The summed E-state index contributed by atoms with van der Waals surface area (Å²) in [5.74, 6) is 1.03. The van der Waals surface area contributed by atoms with Crippen molar-refractivity contribution >= 4 is 11.8 Å². The molecule has 2 aliphatic rings. The summed E-state index contributed by atoms with van der Waals surface area (Å²) < 4.78 is 12.2. The summed E-state index contributed by atoms with van der Waals surface area (Å²) in [4.78, 5) is 12.4. The van der Waals surface area contributed by atoms with E-state index < -0.39 is 6.09 Å². The van der Waals surface area contributed by atoms with Crippen molar-refractivity contribution in [1.29, 1.82) is 0 Å². The van der Waals surface area contributed by atoms with E-state index in [9.17, 15) is 4.79 Å². The van der Waals surface area contributed by atoms with Crippen molar-refractivity contribution < 1.29 is 14.3 Å². The van der Waals surface area contributed by atoms with Gasteiger partial charge >= 0.3 is 6.09 Å². The quantitative estimate of drug-likeness (QED) is 0.575. The number of hydrogen-bond donors (Lipinski definition) is 1. The van der Waals surface area contributed by atoms with Gasteiger partial charge in [-0.25, -0.2) is 4.79 Å². The second kappa shape index (κ2) is 9.27. The molecule has 1 amide bonds. The van der Waals surface area contributed by atoms with Gasteiger partial charge in [-0.05, 0) is 49.3 Å². The Hall–Kier alpha value is -2.59. The summed E-state index contributed by atoms with van der Waals surface area (Å²) in [5.41, 5.74) is 3.30. The Kier molecular flexibility index (Phi) is 6.47. The fourth-order valence-electron chi connectivity index (χ4n) is 5.48. The number of anilines is 1. The molecule has 31 heavy (non-hydrogen) atoms. The average molecular weight is 420 g/mol. The minimum Gasteiger partial charge on any atom is -0.449 e. The van der Waals surface area contributed by atoms with Crippen LogP contribution in [0.2, 0.25) is 0 Å². The van der Waals surface area contributed by atoms with Gasteiger partial charge in [-0.2, -0.15) is 0 Å². The molecular formula is C27H33NO3. The molecule has 5 atom stereocenters. The molecule has 4 rings (SSSR count). The maximum atomic E-state index is 12.4. The van der Waals surface area contributed by atoms with Crippen LogP contribution in [0.1, 0.15) is 32.8 Å². The predicted molar refractivity (Wildman–Crippen MR) is 124 cm³/mol. The van der Waals surface area contributed by atoms with Crippen molar-refractivity contribution in [1.82, 2.24) is 0 Å². The van der Waals surface area contributed by atoms with Crippen LogP contribution >= 0.6 is 0 Å². The molecule has 1 N–H and O–H groups in total. The van der Waals surface area contributed by atoms with Crippen LogP contribution in [0.25, 0.3) is 0 Å². The number of rotatable bonds is 6. The van der Waals surface area contributed by atoms with E-state index in [1.807, 2.05) is 30.3 Å². The Morgan fingerprint density at radius 1 is 1.10 bits per heavy atom. The van der Waals surface area contributed by atoms with Gasteiger partial charge in [0.1, 0.15) is 6.61 Å². The molecule has 0 aromatic heterocycles. The molecule has 1 aliphatic carbocycles. The van der Waals surface area contributed by atoms with Crippen molar-refractivity contribution in [2.75, 3.05) is 18.5 Å². The van der Waals surface area contributed by atoms with E-state index in [1.54, 1.807) is 0 Å². The number of carbonyl (C=O) groups excluding carboxylic acids is 1. The molecular weight excluding hydrogens is 386 g/mol. The van der Waals surface area contributed by atoms with Crippen molar-refractivity contribution in [3.05, 3.63) is 77.9 Å². The predicted octanol–water partition coefficient (Wildman–Crippen LogP) is 6.10. The third kappa shape index (κ3) is 4.54. The van der Waals surface area contributed by atoms with E-state index >= 15 is 0 Å². The standard InChI is InChI=1S/C27H33NO3/c1-19-16-20(2)27(18-31-26(29)28-23-12-8-5-9-13-23)17-30-24(25(19)21(27)3)15-14-22-10-6-4-7-11-22/h4-13,16,20-21,24-25H,14-15,17-18H2,1-3H3,(H,28,29)/t20-,21+,24+,25+,27-/m1/s1. The van der Waals surface area contributed by atoms with Crippen LogP contribution in [0.4, 0.5) is 10.5 Å². The van der Waals surface area contributed by atoms with Gasteiger partial charge in [0.15, 0.2) is 0 Å². The highest BCUT2D eigenvalue weighted by Crippen LogP contribution is 2.53. The maximum absolute atomic E-state index is 12.4. The smallest absolute Gasteiger partial charge is 0.411 e. The highest BCUT2D eigenvalue weighted by molar-refractivity contribution is 5.84. The number of fused-ring (bicyclic) bond motifs is 2. The van der Waals surface area contributed by atoms with Crippen molar-refractivity contribution in [2.24, 2.45) is 23.2 Å². The second-order valence-electron chi connectivity index (χ2n) is 9.19. The van der Waals surface area contributed by atoms with Crippen LogP contribution in [-0.4, -0.2) is 25.4 Å². The Morgan fingerprint density at radius 2 is 1.77 bits per heavy atom. The zero-order chi connectivity index (χ0) is 21.8. The van der Waals surface area contributed by atoms with Crippen molar-refractivity contribution in [3.63, 3.8) is 0 Å². The number of nitrogens with one attached hydrogen (secondary N) is 1. The molecule has 4 heteroatoms. The number of para-hydroxylation sites is 1. The molecule has 2 aromatic carbocycles. The number of allylic oxidation sites excluding steroid dienone is 1. The summed E-state index contributed by atoms with van der Waals surface area (Å²) in [5, 5.41) is 2.82. The molecule has 0 unspecified atom stereocenters. The van der Waals surface area contributed by atoms with Crippen LogP contribution in [0.3, 0.4) is 0 Å². The summed E-state index contributed by atoms with van der Waals surface area (Å²) >= 11 is 0. The van der Waals surface area contributed by atoms with Gasteiger partial charge in [-0.15, -0.1) is 0 Å². The van der Waals surface area contributed by atoms with Gasteiger partial charge in [0.05, 0.1) is 12.7 Å². The number of ether oxygens (including phenoxy) is 2. The Balaban J connectivity index is 1.43. The number of hydrogen-bond acceptors (Lipinski definition) is 3. The lowest BCUT2D eigenvalue weighted by molar-refractivity contribution is -0.164. The molecule has 4 nitrogen and oxygen atoms in total. The third-order valence-electron chi connectivity index (χ3n) is 7.41. The first-order valence-electron chi connectivity index (χ1n) is 11.3. The van der Waals surface area contributed by atoms with E-state index in [-0.39, 0.29) is 11.5 Å². The lowest BCUT2D eigenvalue weighted by Crippen LogP contribution is -2.57. The highest BCUT2D eigenvalue weighted by Gasteiger charge is 2.54. The number of aryl methyl sites for hydroxylation is 1. The average Bonchev–Trinajstić information content (AvgIpc) is 2.77. The molecule has 2 bridgehead atoms. The Morgan fingerprint density at radius 3 is 2.48 bits per heavy atom. The normalized spacial score (nSPS) is 29.7. The zero-order valence-corrected chi connectivity index (χ0v) is 18.7.